The molecule has 0 N–H and O–H groups in total. The van der Waals surface area contributed by atoms with E-state index in [2.05, 4.69) is 178 Å². The van der Waals surface area contributed by atoms with Gasteiger partial charge in [-0.2, -0.15) is 12.1 Å². The molecule has 0 aliphatic rings. The summed E-state index contributed by atoms with van der Waals surface area (Å²) in [5.41, 5.74) is 11.3. The van der Waals surface area contributed by atoms with E-state index in [1.165, 1.54) is 78.9 Å². The van der Waals surface area contributed by atoms with Crippen LogP contribution in [-0.2, 0) is 25.8 Å². The topological polar surface area (TPSA) is 0 Å². The molecule has 0 saturated carbocycles. The van der Waals surface area contributed by atoms with Gasteiger partial charge in [0.15, 0.2) is 0 Å². The Morgan fingerprint density at radius 3 is 1.17 bits per heavy atom. The van der Waals surface area contributed by atoms with E-state index in [4.69, 9.17) is 0 Å². The molecule has 0 aliphatic heterocycles. The Labute approximate surface area is 313 Å². The summed E-state index contributed by atoms with van der Waals surface area (Å²) in [4.78, 5) is 0. The SMILES string of the molecule is CCC(C)c1cc2c(-c3ccccc3C(C)C)cccc2[cH-]1.CCC(C)c1cc2c(-c3ccccc3C(C)C)cccc2[cH-]1.C[Si]C.[Hf]. The van der Waals surface area contributed by atoms with Gasteiger partial charge in [0, 0.05) is 35.4 Å². The average molecular weight is 816 g/mol. The molecule has 2 radical (unpaired) electrons. The van der Waals surface area contributed by atoms with E-state index in [0.29, 0.717) is 23.7 Å². The van der Waals surface area contributed by atoms with E-state index in [1.54, 1.807) is 0 Å². The van der Waals surface area contributed by atoms with Crippen molar-refractivity contribution in [2.24, 2.45) is 0 Å². The van der Waals surface area contributed by atoms with Crippen LogP contribution in [0.25, 0.3) is 43.8 Å². The summed E-state index contributed by atoms with van der Waals surface area (Å²) in [5, 5.41) is 5.52. The molecule has 6 aromatic carbocycles. The first kappa shape index (κ1) is 39.6. The fourth-order valence-electron chi connectivity index (χ4n) is 6.52. The molecule has 48 heavy (non-hydrogen) atoms. The minimum Gasteiger partial charge on any atom is -0.164 e. The molecule has 0 amide bonds. The molecule has 250 valence electrons. The van der Waals surface area contributed by atoms with Gasteiger partial charge in [0.05, 0.1) is 0 Å². The second kappa shape index (κ2) is 18.8. The van der Waals surface area contributed by atoms with Crippen LogP contribution in [0.5, 0.6) is 0 Å². The van der Waals surface area contributed by atoms with E-state index < -0.39 is 0 Å². The monoisotopic (exact) mass is 816 g/mol. The summed E-state index contributed by atoms with van der Waals surface area (Å²) < 4.78 is 0. The van der Waals surface area contributed by atoms with Gasteiger partial charge >= 0.3 is 0 Å². The van der Waals surface area contributed by atoms with Crippen molar-refractivity contribution in [3.05, 3.63) is 131 Å². The molecule has 0 spiro atoms. The van der Waals surface area contributed by atoms with Crippen LogP contribution in [0.3, 0.4) is 0 Å². The second-order valence-corrected chi connectivity index (χ2v) is 14.8. The first-order valence-corrected chi connectivity index (χ1v) is 19.8. The van der Waals surface area contributed by atoms with Crippen LogP contribution in [0.2, 0.25) is 13.1 Å². The molecule has 2 heteroatoms. The Morgan fingerprint density at radius 1 is 0.500 bits per heavy atom. The van der Waals surface area contributed by atoms with Crippen molar-refractivity contribution >= 4 is 31.1 Å². The molecule has 6 rings (SSSR count). The molecule has 0 nitrogen and oxygen atoms in total. The Morgan fingerprint density at radius 2 is 0.833 bits per heavy atom. The van der Waals surface area contributed by atoms with E-state index in [1.807, 2.05) is 0 Å². The predicted octanol–water partition coefficient (Wildman–Crippen LogP) is 14.5. The minimum absolute atomic E-state index is 0. The zero-order chi connectivity index (χ0) is 34.1. The Balaban J connectivity index is 0.000000236. The van der Waals surface area contributed by atoms with Crippen LogP contribution >= 0.6 is 0 Å². The molecule has 0 bridgehead atoms. The maximum atomic E-state index is 2.40. The number of benzene rings is 4. The predicted molar refractivity (Wildman–Crippen MR) is 213 cm³/mol. The van der Waals surface area contributed by atoms with E-state index >= 15 is 0 Å². The average Bonchev–Trinajstić information content (AvgIpc) is 3.73. The number of hydrogen-bond donors (Lipinski definition) is 0. The van der Waals surface area contributed by atoms with Crippen LogP contribution in [-0.4, -0.2) is 9.52 Å². The van der Waals surface area contributed by atoms with Crippen molar-refractivity contribution in [3.8, 4) is 22.3 Å². The van der Waals surface area contributed by atoms with Gasteiger partial charge in [0.1, 0.15) is 0 Å². The van der Waals surface area contributed by atoms with Crippen molar-refractivity contribution in [2.45, 2.75) is 105 Å². The fraction of sp³-hybridized carbons (Fsp3) is 0.348. The van der Waals surface area contributed by atoms with E-state index in [-0.39, 0.29) is 25.8 Å². The van der Waals surface area contributed by atoms with Gasteiger partial charge < -0.3 is 0 Å². The summed E-state index contributed by atoms with van der Waals surface area (Å²) in [6, 6.07) is 40.6. The van der Waals surface area contributed by atoms with Gasteiger partial charge in [0.25, 0.3) is 0 Å². The smallest absolute Gasteiger partial charge is 0.0307 e. The van der Waals surface area contributed by atoms with Crippen molar-refractivity contribution in [1.82, 2.24) is 0 Å². The van der Waals surface area contributed by atoms with Gasteiger partial charge in [-0.25, -0.2) is 0 Å². The van der Waals surface area contributed by atoms with Gasteiger partial charge in [-0.3, -0.25) is 0 Å². The first-order chi connectivity index (χ1) is 22.6. The summed E-state index contributed by atoms with van der Waals surface area (Å²) in [6.07, 6.45) is 2.38. The van der Waals surface area contributed by atoms with Gasteiger partial charge in [-0.05, 0) is 45.9 Å². The molecule has 0 saturated heterocycles. The molecular weight excluding hydrogens is 759 g/mol. The molecule has 2 unspecified atom stereocenters. The van der Waals surface area contributed by atoms with Crippen LogP contribution < -0.4 is 0 Å². The molecular formula is C46H56HfSi-2. The summed E-state index contributed by atoms with van der Waals surface area (Å²) >= 11 is 0. The normalized spacial score (nSPS) is 12.2. The quantitative estimate of drug-likeness (QED) is 0.106. The summed E-state index contributed by atoms with van der Waals surface area (Å²) in [6.45, 7) is 22.5. The molecule has 2 atom stereocenters. The summed E-state index contributed by atoms with van der Waals surface area (Å²) in [7, 11) is 1.08. The van der Waals surface area contributed by atoms with Gasteiger partial charge in [0.2, 0.25) is 0 Å². The molecule has 0 heterocycles. The first-order valence-electron chi connectivity index (χ1n) is 17.8. The molecule has 6 aromatic rings. The van der Waals surface area contributed by atoms with Crippen LogP contribution in [0, 0.1) is 0 Å². The fourth-order valence-corrected chi connectivity index (χ4v) is 6.52. The number of rotatable bonds is 8. The van der Waals surface area contributed by atoms with Crippen molar-refractivity contribution in [3.63, 3.8) is 0 Å². The standard InChI is InChI=1S/2C22H25.C2H6Si.Hf/c2*1-5-16(4)18-13-17-9-8-12-21(22(17)14-18)20-11-7-6-10-19(20)15(2)3;1-3-2;/h2*6-16H,5H2,1-4H3;1-2H3;/q2*-1;;. The summed E-state index contributed by atoms with van der Waals surface area (Å²) in [5.74, 6) is 2.33. The number of hydrogen-bond acceptors (Lipinski definition) is 0. The van der Waals surface area contributed by atoms with Crippen LogP contribution in [0.1, 0.15) is 114 Å². The molecule has 0 aliphatic carbocycles. The van der Waals surface area contributed by atoms with Crippen molar-refractivity contribution in [1.29, 1.82) is 0 Å². The Kier molecular flexibility index (Phi) is 15.5. The maximum Gasteiger partial charge on any atom is 0.0307 e. The van der Waals surface area contributed by atoms with Gasteiger partial charge in [-0.1, -0.05) is 153 Å². The maximum absolute atomic E-state index is 2.40. The molecule has 0 aromatic heterocycles. The van der Waals surface area contributed by atoms with Crippen molar-refractivity contribution < 1.29 is 25.8 Å². The van der Waals surface area contributed by atoms with Crippen LogP contribution in [0.4, 0.5) is 0 Å². The Bertz CT molecular complexity index is 1710. The zero-order valence-electron chi connectivity index (χ0n) is 31.1. The van der Waals surface area contributed by atoms with Gasteiger partial charge in [-0.15, -0.1) is 69.1 Å². The van der Waals surface area contributed by atoms with Crippen molar-refractivity contribution in [2.75, 3.05) is 0 Å². The van der Waals surface area contributed by atoms with E-state index in [9.17, 15) is 0 Å². The number of fused-ring (bicyclic) bond motifs is 2. The largest absolute Gasteiger partial charge is 0.164 e. The Hall–Kier alpha value is -2.81. The zero-order valence-corrected chi connectivity index (χ0v) is 35.7. The minimum atomic E-state index is 0. The molecule has 0 fully saturated rings. The third kappa shape index (κ3) is 9.24. The third-order valence-corrected chi connectivity index (χ3v) is 9.65. The third-order valence-electron chi connectivity index (χ3n) is 9.65. The van der Waals surface area contributed by atoms with Crippen LogP contribution in [0.15, 0.2) is 109 Å². The van der Waals surface area contributed by atoms with E-state index in [0.717, 1.165) is 9.52 Å². The second-order valence-electron chi connectivity index (χ2n) is 13.8.